The largest absolute Gasteiger partial charge is 0.360 e. The van der Waals surface area contributed by atoms with Crippen LogP contribution in [0, 0.1) is 0 Å². The van der Waals surface area contributed by atoms with Gasteiger partial charge in [-0.25, -0.2) is 4.79 Å². The first-order chi connectivity index (χ1) is 12.1. The fourth-order valence-electron chi connectivity index (χ4n) is 4.02. The number of urea groups is 1. The molecular formula is C19H21N3O3. The van der Waals surface area contributed by atoms with Crippen molar-refractivity contribution in [2.45, 2.75) is 44.1 Å². The summed E-state index contributed by atoms with van der Waals surface area (Å²) < 4.78 is 0. The number of aromatic nitrogens is 1. The van der Waals surface area contributed by atoms with E-state index in [-0.39, 0.29) is 18.2 Å². The first-order valence-corrected chi connectivity index (χ1v) is 8.84. The van der Waals surface area contributed by atoms with Crippen LogP contribution in [0.25, 0.3) is 10.9 Å². The Balaban J connectivity index is 1.57. The van der Waals surface area contributed by atoms with Gasteiger partial charge in [-0.2, -0.15) is 0 Å². The highest BCUT2D eigenvalue weighted by Gasteiger charge is 2.51. The fraction of sp³-hybridized carbons (Fsp3) is 0.421. The lowest BCUT2D eigenvalue weighted by Gasteiger charge is -2.24. The summed E-state index contributed by atoms with van der Waals surface area (Å²) in [5, 5.41) is 3.68. The number of imide groups is 1. The second-order valence-electron chi connectivity index (χ2n) is 6.99. The molecule has 4 rings (SSSR count). The van der Waals surface area contributed by atoms with Gasteiger partial charge in [-0.1, -0.05) is 43.9 Å². The molecule has 2 aromatic rings. The maximum absolute atomic E-state index is 12.9. The van der Waals surface area contributed by atoms with Crippen LogP contribution in [0.5, 0.6) is 0 Å². The van der Waals surface area contributed by atoms with Crippen LogP contribution in [0.1, 0.15) is 48.9 Å². The summed E-state index contributed by atoms with van der Waals surface area (Å²) in [7, 11) is 0. The molecule has 1 saturated heterocycles. The molecule has 6 nitrogen and oxygen atoms in total. The van der Waals surface area contributed by atoms with Crippen molar-refractivity contribution < 1.29 is 14.4 Å². The van der Waals surface area contributed by atoms with Gasteiger partial charge in [0.15, 0.2) is 5.78 Å². The van der Waals surface area contributed by atoms with Crippen LogP contribution in [0.3, 0.4) is 0 Å². The number of rotatable bonds is 3. The Labute approximate surface area is 145 Å². The van der Waals surface area contributed by atoms with Gasteiger partial charge in [0.05, 0.1) is 6.54 Å². The van der Waals surface area contributed by atoms with E-state index in [9.17, 15) is 14.4 Å². The number of nitrogens with zero attached hydrogens (tertiary/aromatic N) is 1. The van der Waals surface area contributed by atoms with Gasteiger partial charge in [0.1, 0.15) is 5.54 Å². The molecule has 130 valence electrons. The van der Waals surface area contributed by atoms with Crippen molar-refractivity contribution >= 4 is 28.6 Å². The Morgan fingerprint density at radius 2 is 1.80 bits per heavy atom. The number of amides is 3. The number of ketones is 1. The summed E-state index contributed by atoms with van der Waals surface area (Å²) in [6, 6.07) is 7.06. The van der Waals surface area contributed by atoms with E-state index < -0.39 is 11.6 Å². The highest BCUT2D eigenvalue weighted by molar-refractivity contribution is 6.14. The molecule has 1 spiro atoms. The number of nitrogens with one attached hydrogen (secondary N) is 2. The van der Waals surface area contributed by atoms with Gasteiger partial charge in [0.2, 0.25) is 0 Å². The van der Waals surface area contributed by atoms with E-state index in [0.717, 1.165) is 41.5 Å². The molecule has 3 amide bonds. The Hall–Kier alpha value is -2.63. The molecule has 1 saturated carbocycles. The normalized spacial score (nSPS) is 20.1. The Morgan fingerprint density at radius 3 is 2.56 bits per heavy atom. The minimum absolute atomic E-state index is 0.214. The summed E-state index contributed by atoms with van der Waals surface area (Å²) in [5.41, 5.74) is 0.579. The average molecular weight is 339 g/mol. The van der Waals surface area contributed by atoms with E-state index >= 15 is 0 Å². The van der Waals surface area contributed by atoms with Crippen LogP contribution >= 0.6 is 0 Å². The highest BCUT2D eigenvalue weighted by Crippen LogP contribution is 2.33. The van der Waals surface area contributed by atoms with Crippen molar-refractivity contribution in [1.82, 2.24) is 15.2 Å². The van der Waals surface area contributed by atoms with E-state index in [4.69, 9.17) is 0 Å². The monoisotopic (exact) mass is 339 g/mol. The standard InChI is InChI=1S/C19H21N3O3/c23-16(14-11-20-15-8-4-3-7-13(14)15)12-22-17(24)19(21-18(22)25)9-5-1-2-6-10-19/h3-4,7-8,11,20H,1-2,5-6,9-10,12H2,(H,21,25). The first kappa shape index (κ1) is 15.9. The Morgan fingerprint density at radius 1 is 1.08 bits per heavy atom. The second-order valence-corrected chi connectivity index (χ2v) is 6.99. The zero-order valence-corrected chi connectivity index (χ0v) is 14.0. The molecule has 0 bridgehead atoms. The molecule has 1 aromatic heterocycles. The number of H-pyrrole nitrogens is 1. The van der Waals surface area contributed by atoms with Crippen molar-refractivity contribution in [2.24, 2.45) is 0 Å². The van der Waals surface area contributed by atoms with E-state index in [1.807, 2.05) is 24.3 Å². The summed E-state index contributed by atoms with van der Waals surface area (Å²) in [6.07, 6.45) is 6.99. The number of para-hydroxylation sites is 1. The van der Waals surface area contributed by atoms with Crippen LogP contribution in [0.2, 0.25) is 0 Å². The quantitative estimate of drug-likeness (QED) is 0.666. The molecule has 6 heteroatoms. The molecule has 25 heavy (non-hydrogen) atoms. The van der Waals surface area contributed by atoms with E-state index in [0.29, 0.717) is 18.4 Å². The molecule has 0 unspecified atom stereocenters. The molecule has 2 N–H and O–H groups in total. The topological polar surface area (TPSA) is 82.3 Å². The second kappa shape index (κ2) is 6.02. The number of hydrogen-bond acceptors (Lipinski definition) is 3. The minimum Gasteiger partial charge on any atom is -0.360 e. The predicted octanol–water partition coefficient (Wildman–Crippen LogP) is 3.00. The molecule has 0 atom stereocenters. The third-order valence-corrected chi connectivity index (χ3v) is 5.39. The molecule has 0 radical (unpaired) electrons. The zero-order chi connectivity index (χ0) is 17.4. The maximum atomic E-state index is 12.9. The first-order valence-electron chi connectivity index (χ1n) is 8.84. The van der Waals surface area contributed by atoms with Crippen molar-refractivity contribution in [1.29, 1.82) is 0 Å². The summed E-state index contributed by atoms with van der Waals surface area (Å²) >= 11 is 0. The summed E-state index contributed by atoms with van der Waals surface area (Å²) in [4.78, 5) is 42.1. The number of benzene rings is 1. The highest BCUT2D eigenvalue weighted by atomic mass is 16.2. The van der Waals surface area contributed by atoms with E-state index in [1.54, 1.807) is 6.20 Å². The Kier molecular flexibility index (Phi) is 3.82. The summed E-state index contributed by atoms with van der Waals surface area (Å²) in [6.45, 7) is -0.214. The van der Waals surface area contributed by atoms with Crippen LogP contribution in [-0.4, -0.2) is 39.7 Å². The van der Waals surface area contributed by atoms with Crippen molar-refractivity contribution in [3.63, 3.8) is 0 Å². The third-order valence-electron chi connectivity index (χ3n) is 5.39. The zero-order valence-electron chi connectivity index (χ0n) is 14.0. The molecular weight excluding hydrogens is 318 g/mol. The number of Topliss-reactive ketones (excluding diaryl/α,β-unsaturated/α-hetero) is 1. The molecule has 1 aromatic carbocycles. The van der Waals surface area contributed by atoms with Gasteiger partial charge in [-0.15, -0.1) is 0 Å². The summed E-state index contributed by atoms with van der Waals surface area (Å²) in [5.74, 6) is -0.473. The molecule has 1 aliphatic heterocycles. The van der Waals surface area contributed by atoms with Gasteiger partial charge < -0.3 is 10.3 Å². The lowest BCUT2D eigenvalue weighted by molar-refractivity contribution is -0.131. The van der Waals surface area contributed by atoms with Gasteiger partial charge >= 0.3 is 6.03 Å². The lowest BCUT2D eigenvalue weighted by Crippen LogP contribution is -2.46. The molecule has 2 heterocycles. The van der Waals surface area contributed by atoms with Crippen LogP contribution in [0.4, 0.5) is 4.79 Å². The van der Waals surface area contributed by atoms with E-state index in [2.05, 4.69) is 10.3 Å². The predicted molar refractivity (Wildman–Crippen MR) is 93.3 cm³/mol. The van der Waals surface area contributed by atoms with Crippen LogP contribution < -0.4 is 5.32 Å². The van der Waals surface area contributed by atoms with Gasteiger partial charge in [0, 0.05) is 22.7 Å². The van der Waals surface area contributed by atoms with Crippen LogP contribution in [0.15, 0.2) is 30.5 Å². The van der Waals surface area contributed by atoms with Crippen molar-refractivity contribution in [2.75, 3.05) is 6.54 Å². The van der Waals surface area contributed by atoms with Crippen LogP contribution in [-0.2, 0) is 4.79 Å². The number of carbonyl (C=O) groups excluding carboxylic acids is 3. The Bertz CT molecular complexity index is 846. The minimum atomic E-state index is -0.798. The van der Waals surface area contributed by atoms with E-state index in [1.165, 1.54) is 0 Å². The number of aromatic amines is 1. The number of hydrogen-bond donors (Lipinski definition) is 2. The number of carbonyl (C=O) groups is 3. The van der Waals surface area contributed by atoms with Crippen molar-refractivity contribution in [3.05, 3.63) is 36.0 Å². The molecule has 2 fully saturated rings. The lowest BCUT2D eigenvalue weighted by atomic mass is 9.90. The molecule has 2 aliphatic rings. The average Bonchev–Trinajstić information content (AvgIpc) is 3.02. The van der Waals surface area contributed by atoms with Gasteiger partial charge in [-0.3, -0.25) is 14.5 Å². The van der Waals surface area contributed by atoms with Gasteiger partial charge in [-0.05, 0) is 18.9 Å². The van der Waals surface area contributed by atoms with Gasteiger partial charge in [0.25, 0.3) is 5.91 Å². The number of fused-ring (bicyclic) bond motifs is 1. The smallest absolute Gasteiger partial charge is 0.325 e. The SMILES string of the molecule is O=C(CN1C(=O)NC2(CCCCCC2)C1=O)c1c[nH]c2ccccc12. The fourth-order valence-corrected chi connectivity index (χ4v) is 4.02. The molecule has 1 aliphatic carbocycles. The maximum Gasteiger partial charge on any atom is 0.325 e. The third kappa shape index (κ3) is 2.62. The van der Waals surface area contributed by atoms with Crippen molar-refractivity contribution in [3.8, 4) is 0 Å².